The van der Waals surface area contributed by atoms with Crippen LogP contribution in [0.3, 0.4) is 0 Å². The van der Waals surface area contributed by atoms with Gasteiger partial charge in [-0.05, 0) is 19.8 Å². The van der Waals surface area contributed by atoms with Crippen molar-refractivity contribution in [2.45, 2.75) is 58.8 Å². The molecule has 8 heteroatoms. The van der Waals surface area contributed by atoms with Crippen molar-refractivity contribution in [2.24, 2.45) is 5.92 Å². The number of nitrogens with one attached hydrogen (secondary N) is 1. The van der Waals surface area contributed by atoms with Crippen molar-refractivity contribution in [2.75, 3.05) is 45.9 Å². The molecular formula is C17H35N3O4S. The summed E-state index contributed by atoms with van der Waals surface area (Å²) in [6.07, 6.45) is 1.95. The second kappa shape index (κ2) is 9.62. The third-order valence-electron chi connectivity index (χ3n) is 5.31. The van der Waals surface area contributed by atoms with Gasteiger partial charge in [0.1, 0.15) is 0 Å². The van der Waals surface area contributed by atoms with Crippen molar-refractivity contribution < 1.29 is 17.9 Å². The number of rotatable bonds is 8. The van der Waals surface area contributed by atoms with Gasteiger partial charge in [-0.1, -0.05) is 26.7 Å². The van der Waals surface area contributed by atoms with Gasteiger partial charge in [0.2, 0.25) is 0 Å². The predicted octanol–water partition coefficient (Wildman–Crippen LogP) is 1.07. The van der Waals surface area contributed by atoms with Crippen LogP contribution in [0.1, 0.15) is 40.5 Å². The molecule has 0 aliphatic carbocycles. The van der Waals surface area contributed by atoms with E-state index in [4.69, 9.17) is 9.47 Å². The summed E-state index contributed by atoms with van der Waals surface area (Å²) in [5, 5.41) is 0. The second-order valence-corrected chi connectivity index (χ2v) is 8.98. The summed E-state index contributed by atoms with van der Waals surface area (Å²) in [7, 11) is -3.49. The maximum atomic E-state index is 12.8. The number of hydrogen-bond acceptors (Lipinski definition) is 5. The molecule has 0 unspecified atom stereocenters. The van der Waals surface area contributed by atoms with E-state index in [9.17, 15) is 8.42 Å². The molecule has 0 aromatic heterocycles. The maximum Gasteiger partial charge on any atom is 0.279 e. The SMILES string of the molecule is CCC(CC)[C@H](CNS(=O)(=O)N1C[C@@H](C)O[C@H](C)C1)N1CCOCC1. The fourth-order valence-corrected chi connectivity index (χ4v) is 5.32. The Morgan fingerprint density at radius 1 is 1.08 bits per heavy atom. The monoisotopic (exact) mass is 377 g/mol. The summed E-state index contributed by atoms with van der Waals surface area (Å²) in [5.74, 6) is 0.475. The molecule has 2 fully saturated rings. The summed E-state index contributed by atoms with van der Waals surface area (Å²) >= 11 is 0. The van der Waals surface area contributed by atoms with Crippen molar-refractivity contribution >= 4 is 10.2 Å². The van der Waals surface area contributed by atoms with Crippen LogP contribution in [0.25, 0.3) is 0 Å². The fourth-order valence-electron chi connectivity index (χ4n) is 3.94. The molecule has 148 valence electrons. The molecule has 0 spiro atoms. The van der Waals surface area contributed by atoms with Gasteiger partial charge in [-0.2, -0.15) is 12.7 Å². The van der Waals surface area contributed by atoms with Gasteiger partial charge in [-0.15, -0.1) is 0 Å². The Hall–Kier alpha value is -0.250. The lowest BCUT2D eigenvalue weighted by atomic mass is 9.92. The Bertz CT molecular complexity index is 482. The average molecular weight is 378 g/mol. The topological polar surface area (TPSA) is 71.1 Å². The molecule has 2 aliphatic rings. The van der Waals surface area contributed by atoms with E-state index in [0.717, 1.165) is 39.1 Å². The summed E-state index contributed by atoms with van der Waals surface area (Å²) in [6.45, 7) is 12.7. The van der Waals surface area contributed by atoms with E-state index in [1.807, 2.05) is 13.8 Å². The predicted molar refractivity (Wildman–Crippen MR) is 98.8 cm³/mol. The van der Waals surface area contributed by atoms with E-state index in [-0.39, 0.29) is 18.2 Å². The summed E-state index contributed by atoms with van der Waals surface area (Å²) in [4.78, 5) is 2.38. The van der Waals surface area contributed by atoms with Crippen molar-refractivity contribution in [3.05, 3.63) is 0 Å². The number of hydrogen-bond donors (Lipinski definition) is 1. The van der Waals surface area contributed by atoms with Crippen LogP contribution in [0.15, 0.2) is 0 Å². The minimum absolute atomic E-state index is 0.0746. The van der Waals surface area contributed by atoms with E-state index in [1.54, 1.807) is 0 Å². The van der Waals surface area contributed by atoms with Crippen molar-refractivity contribution in [1.82, 2.24) is 13.9 Å². The van der Waals surface area contributed by atoms with Gasteiger partial charge < -0.3 is 9.47 Å². The fraction of sp³-hybridized carbons (Fsp3) is 1.00. The zero-order valence-electron chi connectivity index (χ0n) is 16.1. The van der Waals surface area contributed by atoms with E-state index in [0.29, 0.717) is 25.6 Å². The van der Waals surface area contributed by atoms with Gasteiger partial charge >= 0.3 is 0 Å². The lowest BCUT2D eigenvalue weighted by Gasteiger charge is -2.39. The smallest absolute Gasteiger partial charge is 0.279 e. The molecule has 7 nitrogen and oxygen atoms in total. The minimum atomic E-state index is -3.49. The normalized spacial score (nSPS) is 28.4. The number of nitrogens with zero attached hydrogens (tertiary/aromatic N) is 2. The first kappa shape index (κ1) is 21.1. The molecule has 2 rings (SSSR count). The van der Waals surface area contributed by atoms with Crippen LogP contribution >= 0.6 is 0 Å². The van der Waals surface area contributed by atoms with Gasteiger partial charge in [-0.3, -0.25) is 4.90 Å². The van der Waals surface area contributed by atoms with Crippen LogP contribution in [-0.4, -0.2) is 81.8 Å². The Kier molecular flexibility index (Phi) is 8.10. The van der Waals surface area contributed by atoms with Crippen LogP contribution in [0.5, 0.6) is 0 Å². The molecule has 2 saturated heterocycles. The Balaban J connectivity index is 2.02. The molecule has 1 N–H and O–H groups in total. The molecule has 0 bridgehead atoms. The standard InChI is InChI=1S/C17H35N3O4S/c1-5-16(6-2)17(19-7-9-23-10-8-19)11-18-25(21,22)20-12-14(3)24-15(4)13-20/h14-18H,5-13H2,1-4H3/t14-,15-,17+/m1/s1. The zero-order valence-corrected chi connectivity index (χ0v) is 16.9. The highest BCUT2D eigenvalue weighted by molar-refractivity contribution is 7.87. The molecule has 0 radical (unpaired) electrons. The average Bonchev–Trinajstić information content (AvgIpc) is 2.58. The maximum absolute atomic E-state index is 12.8. The van der Waals surface area contributed by atoms with E-state index in [1.165, 1.54) is 4.31 Å². The highest BCUT2D eigenvalue weighted by Gasteiger charge is 2.33. The van der Waals surface area contributed by atoms with E-state index < -0.39 is 10.2 Å². The Morgan fingerprint density at radius 2 is 1.64 bits per heavy atom. The molecule has 3 atom stereocenters. The first-order valence-electron chi connectivity index (χ1n) is 9.59. The lowest BCUT2D eigenvalue weighted by Crippen LogP contribution is -2.56. The molecule has 2 aliphatic heterocycles. The van der Waals surface area contributed by atoms with Gasteiger partial charge in [-0.25, -0.2) is 4.72 Å². The first-order valence-corrected chi connectivity index (χ1v) is 11.0. The molecule has 0 amide bonds. The second-order valence-electron chi connectivity index (χ2n) is 7.22. The third-order valence-corrected chi connectivity index (χ3v) is 6.82. The Morgan fingerprint density at radius 3 is 2.16 bits per heavy atom. The molecule has 0 aromatic rings. The lowest BCUT2D eigenvalue weighted by molar-refractivity contribution is -0.0445. The van der Waals surface area contributed by atoms with Gasteiger partial charge in [0, 0.05) is 38.8 Å². The van der Waals surface area contributed by atoms with E-state index in [2.05, 4.69) is 23.5 Å². The molecule has 0 aromatic carbocycles. The van der Waals surface area contributed by atoms with Crippen molar-refractivity contribution in [3.8, 4) is 0 Å². The van der Waals surface area contributed by atoms with Crippen LogP contribution in [0.2, 0.25) is 0 Å². The highest BCUT2D eigenvalue weighted by atomic mass is 32.2. The minimum Gasteiger partial charge on any atom is -0.379 e. The number of ether oxygens (including phenoxy) is 2. The van der Waals surface area contributed by atoms with Crippen molar-refractivity contribution in [3.63, 3.8) is 0 Å². The van der Waals surface area contributed by atoms with E-state index >= 15 is 0 Å². The number of morpholine rings is 2. The van der Waals surface area contributed by atoms with Gasteiger partial charge in [0.15, 0.2) is 0 Å². The largest absolute Gasteiger partial charge is 0.379 e. The van der Waals surface area contributed by atoms with Crippen LogP contribution in [-0.2, 0) is 19.7 Å². The molecule has 2 heterocycles. The first-order chi connectivity index (χ1) is 11.9. The van der Waals surface area contributed by atoms with Gasteiger partial charge in [0.25, 0.3) is 10.2 Å². The summed E-state index contributed by atoms with van der Waals surface area (Å²) in [6, 6.07) is 0.213. The quantitative estimate of drug-likeness (QED) is 0.685. The Labute approximate surface area is 153 Å². The van der Waals surface area contributed by atoms with Crippen molar-refractivity contribution in [1.29, 1.82) is 0 Å². The van der Waals surface area contributed by atoms with Crippen LogP contribution in [0, 0.1) is 5.92 Å². The molecular weight excluding hydrogens is 342 g/mol. The summed E-state index contributed by atoms with van der Waals surface area (Å²) in [5.41, 5.74) is 0. The zero-order chi connectivity index (χ0) is 18.4. The van der Waals surface area contributed by atoms with Gasteiger partial charge in [0.05, 0.1) is 25.4 Å². The summed E-state index contributed by atoms with van der Waals surface area (Å²) < 4.78 is 41.1. The third kappa shape index (κ3) is 5.87. The van der Waals surface area contributed by atoms with Crippen LogP contribution < -0.4 is 4.72 Å². The highest BCUT2D eigenvalue weighted by Crippen LogP contribution is 2.20. The molecule has 25 heavy (non-hydrogen) atoms. The van der Waals surface area contributed by atoms with Crippen LogP contribution in [0.4, 0.5) is 0 Å². The molecule has 0 saturated carbocycles.